The van der Waals surface area contributed by atoms with Gasteiger partial charge in [-0.15, -0.1) is 0 Å². The standard InChI is InChI=1S/C12H17NO3/c1-12(2,13)6-8-5-11(16-3)10(15)4-9(8)7-14/h4-5,7,15H,6,13H2,1-3H3. The first kappa shape index (κ1) is 12.5. The summed E-state index contributed by atoms with van der Waals surface area (Å²) in [6.07, 6.45) is 1.25. The first-order chi connectivity index (χ1) is 7.37. The molecule has 0 atom stereocenters. The fourth-order valence-corrected chi connectivity index (χ4v) is 1.54. The molecule has 1 aromatic rings. The Hall–Kier alpha value is -1.55. The Labute approximate surface area is 95.0 Å². The van der Waals surface area contributed by atoms with Gasteiger partial charge in [0, 0.05) is 11.1 Å². The Morgan fingerprint density at radius 1 is 1.50 bits per heavy atom. The lowest BCUT2D eigenvalue weighted by molar-refractivity contribution is 0.112. The first-order valence-corrected chi connectivity index (χ1v) is 5.01. The van der Waals surface area contributed by atoms with E-state index in [-0.39, 0.29) is 5.75 Å². The van der Waals surface area contributed by atoms with Gasteiger partial charge in [0.15, 0.2) is 11.5 Å². The lowest BCUT2D eigenvalue weighted by Crippen LogP contribution is -2.34. The summed E-state index contributed by atoms with van der Waals surface area (Å²) in [5.41, 5.74) is 6.70. The van der Waals surface area contributed by atoms with Crippen LogP contribution in [0, 0.1) is 0 Å². The number of methoxy groups -OCH3 is 1. The second kappa shape index (κ2) is 4.53. The molecular weight excluding hydrogens is 206 g/mol. The zero-order valence-electron chi connectivity index (χ0n) is 9.78. The molecular formula is C12H17NO3. The van der Waals surface area contributed by atoms with E-state index in [1.807, 2.05) is 13.8 Å². The third kappa shape index (κ3) is 2.97. The number of nitrogens with two attached hydrogens (primary N) is 1. The van der Waals surface area contributed by atoms with Gasteiger partial charge in [0.1, 0.15) is 6.29 Å². The number of ether oxygens (including phenoxy) is 1. The molecule has 1 rings (SSSR count). The summed E-state index contributed by atoms with van der Waals surface area (Å²) in [7, 11) is 1.47. The van der Waals surface area contributed by atoms with Crippen LogP contribution in [0.5, 0.6) is 11.5 Å². The van der Waals surface area contributed by atoms with Crippen molar-refractivity contribution in [1.82, 2.24) is 0 Å². The van der Waals surface area contributed by atoms with Crippen LogP contribution >= 0.6 is 0 Å². The van der Waals surface area contributed by atoms with Crippen molar-refractivity contribution < 1.29 is 14.6 Å². The van der Waals surface area contributed by atoms with E-state index in [0.29, 0.717) is 24.0 Å². The van der Waals surface area contributed by atoms with Crippen LogP contribution in [-0.4, -0.2) is 24.0 Å². The summed E-state index contributed by atoms with van der Waals surface area (Å²) in [6.45, 7) is 3.75. The summed E-state index contributed by atoms with van der Waals surface area (Å²) in [6, 6.07) is 3.04. The van der Waals surface area contributed by atoms with Crippen molar-refractivity contribution in [3.8, 4) is 11.5 Å². The summed E-state index contributed by atoms with van der Waals surface area (Å²) >= 11 is 0. The quantitative estimate of drug-likeness (QED) is 0.758. The smallest absolute Gasteiger partial charge is 0.160 e. The Kier molecular flexibility index (Phi) is 3.55. The number of rotatable bonds is 4. The Morgan fingerprint density at radius 2 is 2.12 bits per heavy atom. The predicted octanol–water partition coefficient (Wildman–Crippen LogP) is 1.49. The molecule has 0 aliphatic carbocycles. The average molecular weight is 223 g/mol. The molecule has 4 nitrogen and oxygen atoms in total. The minimum Gasteiger partial charge on any atom is -0.504 e. The molecule has 0 aliphatic rings. The van der Waals surface area contributed by atoms with Crippen molar-refractivity contribution >= 4 is 6.29 Å². The van der Waals surface area contributed by atoms with Crippen molar-refractivity contribution in [3.05, 3.63) is 23.3 Å². The molecule has 0 radical (unpaired) electrons. The van der Waals surface area contributed by atoms with Crippen LogP contribution in [0.2, 0.25) is 0 Å². The normalized spacial score (nSPS) is 11.2. The Bertz CT molecular complexity index is 394. The fraction of sp³-hybridized carbons (Fsp3) is 0.417. The lowest BCUT2D eigenvalue weighted by atomic mass is 9.93. The van der Waals surface area contributed by atoms with E-state index in [4.69, 9.17) is 10.5 Å². The van der Waals surface area contributed by atoms with Crippen molar-refractivity contribution in [2.45, 2.75) is 25.8 Å². The maximum absolute atomic E-state index is 10.9. The molecule has 0 bridgehead atoms. The molecule has 0 unspecified atom stereocenters. The van der Waals surface area contributed by atoms with E-state index in [1.54, 1.807) is 6.07 Å². The zero-order chi connectivity index (χ0) is 12.3. The highest BCUT2D eigenvalue weighted by Crippen LogP contribution is 2.30. The second-order valence-electron chi connectivity index (χ2n) is 4.51. The van der Waals surface area contributed by atoms with Gasteiger partial charge in [-0.3, -0.25) is 4.79 Å². The molecule has 0 saturated carbocycles. The number of hydrogen-bond acceptors (Lipinski definition) is 4. The van der Waals surface area contributed by atoms with Gasteiger partial charge >= 0.3 is 0 Å². The van der Waals surface area contributed by atoms with Crippen LogP contribution < -0.4 is 10.5 Å². The highest BCUT2D eigenvalue weighted by atomic mass is 16.5. The summed E-state index contributed by atoms with van der Waals surface area (Å²) < 4.78 is 4.99. The van der Waals surface area contributed by atoms with E-state index < -0.39 is 5.54 Å². The van der Waals surface area contributed by atoms with Crippen LogP contribution in [0.25, 0.3) is 0 Å². The predicted molar refractivity (Wildman–Crippen MR) is 62.0 cm³/mol. The van der Waals surface area contributed by atoms with Crippen LogP contribution in [0.1, 0.15) is 29.8 Å². The molecule has 0 saturated heterocycles. The summed E-state index contributed by atoms with van der Waals surface area (Å²) in [5, 5.41) is 9.53. The van der Waals surface area contributed by atoms with Gasteiger partial charge in [0.2, 0.25) is 0 Å². The third-order valence-electron chi connectivity index (χ3n) is 2.21. The molecule has 3 N–H and O–H groups in total. The number of benzene rings is 1. The highest BCUT2D eigenvalue weighted by Gasteiger charge is 2.16. The van der Waals surface area contributed by atoms with Crippen LogP contribution in [-0.2, 0) is 6.42 Å². The molecule has 0 aromatic heterocycles. The minimum absolute atomic E-state index is 0.0387. The SMILES string of the molecule is COc1cc(CC(C)(C)N)c(C=O)cc1O. The molecule has 4 heteroatoms. The summed E-state index contributed by atoms with van der Waals surface area (Å²) in [5.74, 6) is 0.313. The molecule has 0 aliphatic heterocycles. The lowest BCUT2D eigenvalue weighted by Gasteiger charge is -2.20. The number of aldehydes is 1. The van der Waals surface area contributed by atoms with Gasteiger partial charge in [-0.25, -0.2) is 0 Å². The number of carbonyl (C=O) groups excluding carboxylic acids is 1. The van der Waals surface area contributed by atoms with Crippen LogP contribution in [0.4, 0.5) is 0 Å². The Balaban J connectivity index is 3.20. The van der Waals surface area contributed by atoms with E-state index in [2.05, 4.69) is 0 Å². The zero-order valence-corrected chi connectivity index (χ0v) is 9.78. The van der Waals surface area contributed by atoms with Gasteiger partial charge in [-0.2, -0.15) is 0 Å². The number of phenolic OH excluding ortho intramolecular Hbond substituents is 1. The largest absolute Gasteiger partial charge is 0.504 e. The van der Waals surface area contributed by atoms with Gasteiger partial charge in [-0.1, -0.05) is 0 Å². The number of carbonyl (C=O) groups is 1. The first-order valence-electron chi connectivity index (χ1n) is 5.01. The van der Waals surface area contributed by atoms with Crippen molar-refractivity contribution in [2.75, 3.05) is 7.11 Å². The van der Waals surface area contributed by atoms with Gasteiger partial charge in [0.25, 0.3) is 0 Å². The van der Waals surface area contributed by atoms with Gasteiger partial charge < -0.3 is 15.6 Å². The topological polar surface area (TPSA) is 72.5 Å². The second-order valence-corrected chi connectivity index (χ2v) is 4.51. The maximum Gasteiger partial charge on any atom is 0.160 e. The molecule has 88 valence electrons. The van der Waals surface area contributed by atoms with Crippen molar-refractivity contribution in [1.29, 1.82) is 0 Å². The molecule has 1 aromatic carbocycles. The number of hydrogen-bond donors (Lipinski definition) is 2. The molecule has 0 amide bonds. The Morgan fingerprint density at radius 3 is 2.56 bits per heavy atom. The highest BCUT2D eigenvalue weighted by molar-refractivity contribution is 5.79. The van der Waals surface area contributed by atoms with Gasteiger partial charge in [0.05, 0.1) is 7.11 Å². The van der Waals surface area contributed by atoms with Crippen LogP contribution in [0.15, 0.2) is 12.1 Å². The monoisotopic (exact) mass is 223 g/mol. The maximum atomic E-state index is 10.9. The molecule has 0 heterocycles. The molecule has 0 spiro atoms. The van der Waals surface area contributed by atoms with Crippen molar-refractivity contribution in [3.63, 3.8) is 0 Å². The third-order valence-corrected chi connectivity index (χ3v) is 2.21. The fourth-order valence-electron chi connectivity index (χ4n) is 1.54. The van der Waals surface area contributed by atoms with Crippen LogP contribution in [0.3, 0.4) is 0 Å². The van der Waals surface area contributed by atoms with E-state index in [9.17, 15) is 9.90 Å². The van der Waals surface area contributed by atoms with E-state index in [1.165, 1.54) is 13.2 Å². The summed E-state index contributed by atoms with van der Waals surface area (Å²) in [4.78, 5) is 10.9. The van der Waals surface area contributed by atoms with E-state index >= 15 is 0 Å². The minimum atomic E-state index is -0.417. The van der Waals surface area contributed by atoms with Gasteiger partial charge in [-0.05, 0) is 38.0 Å². The average Bonchev–Trinajstić information content (AvgIpc) is 2.18. The van der Waals surface area contributed by atoms with E-state index in [0.717, 1.165) is 5.56 Å². The number of aromatic hydroxyl groups is 1. The molecule has 16 heavy (non-hydrogen) atoms. The van der Waals surface area contributed by atoms with Crippen molar-refractivity contribution in [2.24, 2.45) is 5.73 Å². The molecule has 0 fully saturated rings. The number of phenols is 1.